The van der Waals surface area contributed by atoms with Crippen LogP contribution in [-0.4, -0.2) is 68.5 Å². The molecule has 4 rings (SSSR count). The van der Waals surface area contributed by atoms with Crippen LogP contribution in [0.1, 0.15) is 13.3 Å². The maximum atomic E-state index is 13.4. The van der Waals surface area contributed by atoms with Gasteiger partial charge in [-0.25, -0.2) is 0 Å². The third-order valence-corrected chi connectivity index (χ3v) is 5.66. The van der Waals surface area contributed by atoms with E-state index in [9.17, 15) is 35.4 Å². The predicted molar refractivity (Wildman–Crippen MR) is 117 cm³/mol. The number of hydrogen-bond donors (Lipinski definition) is 6. The summed E-state index contributed by atoms with van der Waals surface area (Å²) < 4.78 is 22.2. The average molecular weight is 476 g/mol. The van der Waals surface area contributed by atoms with Crippen LogP contribution in [0.15, 0.2) is 39.5 Å². The molecule has 5 unspecified atom stereocenters. The van der Waals surface area contributed by atoms with E-state index in [2.05, 4.69) is 0 Å². The molecule has 11 heteroatoms. The van der Waals surface area contributed by atoms with Gasteiger partial charge in [0.25, 0.3) is 0 Å². The van der Waals surface area contributed by atoms with Crippen molar-refractivity contribution in [2.45, 2.75) is 44.1 Å². The van der Waals surface area contributed by atoms with Gasteiger partial charge in [0, 0.05) is 17.7 Å². The zero-order chi connectivity index (χ0) is 24.7. The minimum absolute atomic E-state index is 0.0588. The fourth-order valence-electron chi connectivity index (χ4n) is 3.85. The van der Waals surface area contributed by atoms with E-state index in [4.69, 9.17) is 18.6 Å². The van der Waals surface area contributed by atoms with E-state index in [1.54, 1.807) is 6.92 Å². The fraction of sp³-hybridized carbons (Fsp3) is 0.348. The minimum Gasteiger partial charge on any atom is -0.508 e. The Kier molecular flexibility index (Phi) is 6.28. The van der Waals surface area contributed by atoms with E-state index in [-0.39, 0.29) is 46.0 Å². The highest BCUT2D eigenvalue weighted by atomic mass is 16.7. The van der Waals surface area contributed by atoms with Gasteiger partial charge < -0.3 is 49.3 Å². The number of ether oxygens (including phenoxy) is 3. The van der Waals surface area contributed by atoms with Gasteiger partial charge in [-0.05, 0) is 24.6 Å². The molecule has 11 nitrogen and oxygen atoms in total. The Morgan fingerprint density at radius 1 is 0.971 bits per heavy atom. The molecule has 0 radical (unpaired) electrons. The van der Waals surface area contributed by atoms with Crippen LogP contribution in [0, 0.1) is 0 Å². The highest BCUT2D eigenvalue weighted by molar-refractivity contribution is 5.88. The van der Waals surface area contributed by atoms with Gasteiger partial charge in [0.05, 0.1) is 13.2 Å². The number of aromatic hydroxyl groups is 3. The first-order chi connectivity index (χ1) is 16.2. The van der Waals surface area contributed by atoms with Gasteiger partial charge in [-0.15, -0.1) is 0 Å². The summed E-state index contributed by atoms with van der Waals surface area (Å²) in [7, 11) is 1.33. The second-order valence-corrected chi connectivity index (χ2v) is 7.85. The Labute approximate surface area is 192 Å². The van der Waals surface area contributed by atoms with Crippen LogP contribution < -0.4 is 14.9 Å². The van der Waals surface area contributed by atoms with E-state index in [1.807, 2.05) is 0 Å². The number of aliphatic hydroxyl groups is 3. The van der Waals surface area contributed by atoms with Gasteiger partial charge in [-0.3, -0.25) is 4.79 Å². The van der Waals surface area contributed by atoms with E-state index in [1.165, 1.54) is 25.3 Å². The minimum atomic E-state index is -1.72. The number of rotatable bonds is 5. The van der Waals surface area contributed by atoms with Crippen molar-refractivity contribution in [2.24, 2.45) is 0 Å². The number of aliphatic hydroxyl groups excluding tert-OH is 3. The third-order valence-electron chi connectivity index (χ3n) is 5.66. The first-order valence-corrected chi connectivity index (χ1v) is 10.4. The predicted octanol–water partition coefficient (Wildman–Crippen LogP) is 1.18. The molecule has 0 spiro atoms. The van der Waals surface area contributed by atoms with E-state index < -0.39 is 47.6 Å². The Hall–Kier alpha value is -3.51. The molecule has 6 N–H and O–H groups in total. The molecular weight excluding hydrogens is 452 g/mol. The van der Waals surface area contributed by atoms with Crippen molar-refractivity contribution < 1.29 is 49.3 Å². The van der Waals surface area contributed by atoms with Crippen molar-refractivity contribution in [3.63, 3.8) is 0 Å². The van der Waals surface area contributed by atoms with Gasteiger partial charge in [0.15, 0.2) is 17.3 Å². The summed E-state index contributed by atoms with van der Waals surface area (Å²) in [6.45, 7) is 1.69. The Balaban J connectivity index is 1.92. The average Bonchev–Trinajstić information content (AvgIpc) is 2.80. The third kappa shape index (κ3) is 3.99. The molecule has 0 amide bonds. The number of phenols is 3. The molecule has 2 aromatic carbocycles. The van der Waals surface area contributed by atoms with Crippen LogP contribution in [0.2, 0.25) is 0 Å². The lowest BCUT2D eigenvalue weighted by molar-refractivity contribution is -0.272. The molecule has 2 heterocycles. The Morgan fingerprint density at radius 3 is 2.38 bits per heavy atom. The van der Waals surface area contributed by atoms with Gasteiger partial charge in [0.2, 0.25) is 17.5 Å². The standard InChI is InChI=1S/C23H24O11/c1-3-13-17(27)19(29)20(30)23(33-13)34-22-18(28)16-12(26)7-10(24)8-15(16)32-21(22)9-4-5-11(25)14(6-9)31-2/h4-8,13,17,19-20,23-27,29-30H,3H2,1-2H3. The van der Waals surface area contributed by atoms with Gasteiger partial charge in [-0.1, -0.05) is 6.92 Å². The summed E-state index contributed by atoms with van der Waals surface area (Å²) in [6, 6.07) is 6.14. The zero-order valence-corrected chi connectivity index (χ0v) is 18.2. The van der Waals surface area contributed by atoms with E-state index in [0.717, 1.165) is 12.1 Å². The summed E-state index contributed by atoms with van der Waals surface area (Å²) in [6.07, 6.45) is -6.89. The van der Waals surface area contributed by atoms with Crippen molar-refractivity contribution in [2.75, 3.05) is 7.11 Å². The zero-order valence-electron chi connectivity index (χ0n) is 18.2. The van der Waals surface area contributed by atoms with Crippen molar-refractivity contribution in [1.29, 1.82) is 0 Å². The summed E-state index contributed by atoms with van der Waals surface area (Å²) >= 11 is 0. The van der Waals surface area contributed by atoms with Crippen LogP contribution in [-0.2, 0) is 4.74 Å². The summed E-state index contributed by atoms with van der Waals surface area (Å²) in [5.74, 6) is -1.72. The molecule has 34 heavy (non-hydrogen) atoms. The fourth-order valence-corrected chi connectivity index (χ4v) is 3.85. The first kappa shape index (κ1) is 23.6. The summed E-state index contributed by atoms with van der Waals surface area (Å²) in [4.78, 5) is 13.4. The lowest BCUT2D eigenvalue weighted by Crippen LogP contribution is -2.59. The van der Waals surface area contributed by atoms with E-state index >= 15 is 0 Å². The van der Waals surface area contributed by atoms with E-state index in [0.29, 0.717) is 0 Å². The molecule has 5 atom stereocenters. The lowest BCUT2D eigenvalue weighted by Gasteiger charge is -2.39. The maximum absolute atomic E-state index is 13.4. The number of phenolic OH excluding ortho intramolecular Hbond substituents is 3. The molecule has 0 bridgehead atoms. The highest BCUT2D eigenvalue weighted by Gasteiger charge is 2.45. The second kappa shape index (κ2) is 9.03. The van der Waals surface area contributed by atoms with Crippen molar-refractivity contribution in [3.8, 4) is 40.1 Å². The van der Waals surface area contributed by atoms with Crippen LogP contribution >= 0.6 is 0 Å². The molecule has 1 saturated heterocycles. The number of hydrogen-bond acceptors (Lipinski definition) is 11. The molecule has 182 valence electrons. The Bertz CT molecular complexity index is 1270. The van der Waals surface area contributed by atoms with Crippen molar-refractivity contribution in [3.05, 3.63) is 40.6 Å². The molecule has 1 aliphatic rings. The van der Waals surface area contributed by atoms with Crippen molar-refractivity contribution in [1.82, 2.24) is 0 Å². The summed E-state index contributed by atoms with van der Waals surface area (Å²) in [5, 5.41) is 60.5. The largest absolute Gasteiger partial charge is 0.508 e. The molecular formula is C23H24O11. The maximum Gasteiger partial charge on any atom is 0.239 e. The SMILES string of the molecule is CCC1OC(Oc2c(-c3ccc(O)c(OC)c3)oc3cc(O)cc(O)c3c2=O)C(O)C(O)C1O. The highest BCUT2D eigenvalue weighted by Crippen LogP contribution is 2.39. The first-order valence-electron chi connectivity index (χ1n) is 10.4. The number of benzene rings is 2. The molecule has 0 aliphatic carbocycles. The van der Waals surface area contributed by atoms with Gasteiger partial charge in [-0.2, -0.15) is 0 Å². The second-order valence-electron chi connectivity index (χ2n) is 7.85. The van der Waals surface area contributed by atoms with Crippen LogP contribution in [0.3, 0.4) is 0 Å². The molecule has 0 saturated carbocycles. The van der Waals surface area contributed by atoms with Gasteiger partial charge >= 0.3 is 0 Å². The number of methoxy groups -OCH3 is 1. The smallest absolute Gasteiger partial charge is 0.239 e. The molecule has 1 aliphatic heterocycles. The normalized spacial score (nSPS) is 24.8. The van der Waals surface area contributed by atoms with Gasteiger partial charge in [0.1, 0.15) is 40.8 Å². The van der Waals surface area contributed by atoms with Crippen LogP contribution in [0.25, 0.3) is 22.3 Å². The Morgan fingerprint density at radius 2 is 1.71 bits per heavy atom. The van der Waals surface area contributed by atoms with Crippen molar-refractivity contribution >= 4 is 11.0 Å². The van der Waals surface area contributed by atoms with Crippen LogP contribution in [0.5, 0.6) is 28.7 Å². The topological polar surface area (TPSA) is 179 Å². The lowest BCUT2D eigenvalue weighted by atomic mass is 9.97. The van der Waals surface area contributed by atoms with Crippen LogP contribution in [0.4, 0.5) is 0 Å². The molecule has 3 aromatic rings. The monoisotopic (exact) mass is 476 g/mol. The molecule has 1 aromatic heterocycles. The quantitative estimate of drug-likeness (QED) is 0.311. The number of fused-ring (bicyclic) bond motifs is 1. The summed E-state index contributed by atoms with van der Waals surface area (Å²) in [5.41, 5.74) is -0.807. The molecule has 1 fully saturated rings.